The number of aliphatic carboxylic acids is 1. The summed E-state index contributed by atoms with van der Waals surface area (Å²) in [5.41, 5.74) is 3.78. The summed E-state index contributed by atoms with van der Waals surface area (Å²) in [5, 5.41) is 11.8. The molecule has 2 rings (SSSR count). The first kappa shape index (κ1) is 12.4. The molecule has 1 aromatic rings. The van der Waals surface area contributed by atoms with Crippen molar-refractivity contribution in [3.8, 4) is 0 Å². The number of carbonyl (C=O) groups is 2. The topological polar surface area (TPSA) is 69.6 Å². The van der Waals surface area contributed by atoms with Crippen LogP contribution in [0.2, 0.25) is 0 Å². The van der Waals surface area contributed by atoms with Crippen molar-refractivity contribution < 1.29 is 14.7 Å². The van der Waals surface area contributed by atoms with Crippen LogP contribution in [0, 0.1) is 13.8 Å². The molecule has 2 N–H and O–H groups in total. The summed E-state index contributed by atoms with van der Waals surface area (Å²) < 4.78 is 0. The molecule has 5 nitrogen and oxygen atoms in total. The number of fused-ring (bicyclic) bond motifs is 1. The van der Waals surface area contributed by atoms with Crippen molar-refractivity contribution >= 4 is 23.3 Å². The third-order valence-corrected chi connectivity index (χ3v) is 3.37. The molecule has 0 aliphatic carbocycles. The van der Waals surface area contributed by atoms with Crippen LogP contribution in [-0.2, 0) is 9.59 Å². The number of carboxylic acid groups (broad SMARTS) is 1. The van der Waals surface area contributed by atoms with Gasteiger partial charge in [-0.3, -0.25) is 9.59 Å². The van der Waals surface area contributed by atoms with Gasteiger partial charge < -0.3 is 15.3 Å². The molecule has 1 atom stereocenters. The Morgan fingerprint density at radius 1 is 1.44 bits per heavy atom. The number of benzene rings is 1. The fourth-order valence-electron chi connectivity index (χ4n) is 2.26. The van der Waals surface area contributed by atoms with Crippen LogP contribution in [0.1, 0.15) is 17.5 Å². The molecule has 0 spiro atoms. The summed E-state index contributed by atoms with van der Waals surface area (Å²) in [4.78, 5) is 24.4. The minimum Gasteiger partial charge on any atom is -0.481 e. The summed E-state index contributed by atoms with van der Waals surface area (Å²) >= 11 is 0. The zero-order chi connectivity index (χ0) is 13.4. The maximum Gasteiger partial charge on any atom is 0.305 e. The average Bonchev–Trinajstić information content (AvgIpc) is 2.29. The molecule has 0 saturated heterocycles. The fourth-order valence-corrected chi connectivity index (χ4v) is 2.26. The van der Waals surface area contributed by atoms with Crippen LogP contribution in [0.3, 0.4) is 0 Å². The lowest BCUT2D eigenvalue weighted by atomic mass is 10.0. The molecule has 0 aromatic heterocycles. The van der Waals surface area contributed by atoms with Gasteiger partial charge in [-0.15, -0.1) is 0 Å². The minimum atomic E-state index is -0.985. The number of nitrogens with zero attached hydrogens (tertiary/aromatic N) is 1. The molecule has 96 valence electrons. The van der Waals surface area contributed by atoms with Gasteiger partial charge in [0.25, 0.3) is 0 Å². The van der Waals surface area contributed by atoms with E-state index in [4.69, 9.17) is 5.11 Å². The Labute approximate surface area is 105 Å². The van der Waals surface area contributed by atoms with E-state index in [9.17, 15) is 9.59 Å². The van der Waals surface area contributed by atoms with Crippen LogP contribution in [0.4, 0.5) is 11.4 Å². The van der Waals surface area contributed by atoms with E-state index in [2.05, 4.69) is 5.32 Å². The van der Waals surface area contributed by atoms with E-state index >= 15 is 0 Å². The van der Waals surface area contributed by atoms with Crippen molar-refractivity contribution in [1.82, 2.24) is 0 Å². The molecule has 1 heterocycles. The molecule has 1 aliphatic heterocycles. The molecule has 1 unspecified atom stereocenters. The molecular formula is C13H16N2O3. The first-order chi connectivity index (χ1) is 8.41. The van der Waals surface area contributed by atoms with Gasteiger partial charge in [-0.05, 0) is 31.0 Å². The fraction of sp³-hybridized carbons (Fsp3) is 0.385. The Bertz CT molecular complexity index is 525. The SMILES string of the molecule is Cc1ccc2c(c1C)N(C)C(=O)C(CC(=O)O)N2. The number of hydrogen-bond donors (Lipinski definition) is 2. The molecule has 0 saturated carbocycles. The van der Waals surface area contributed by atoms with E-state index in [1.807, 2.05) is 26.0 Å². The second-order valence-electron chi connectivity index (χ2n) is 4.60. The zero-order valence-corrected chi connectivity index (χ0v) is 10.7. The van der Waals surface area contributed by atoms with Crippen molar-refractivity contribution in [2.75, 3.05) is 17.3 Å². The van der Waals surface area contributed by atoms with Crippen LogP contribution in [0.25, 0.3) is 0 Å². The Hall–Kier alpha value is -2.04. The summed E-state index contributed by atoms with van der Waals surface area (Å²) in [6.45, 7) is 3.94. The molecule has 0 radical (unpaired) electrons. The Kier molecular flexibility index (Phi) is 2.98. The van der Waals surface area contributed by atoms with Gasteiger partial charge in [0.1, 0.15) is 6.04 Å². The maximum absolute atomic E-state index is 12.1. The number of rotatable bonds is 2. The van der Waals surface area contributed by atoms with Gasteiger partial charge in [-0.25, -0.2) is 0 Å². The van der Waals surface area contributed by atoms with Gasteiger partial charge in [-0.1, -0.05) is 6.07 Å². The van der Waals surface area contributed by atoms with Gasteiger partial charge in [0.05, 0.1) is 17.8 Å². The normalized spacial score (nSPS) is 18.3. The van der Waals surface area contributed by atoms with Crippen molar-refractivity contribution in [2.45, 2.75) is 26.3 Å². The quantitative estimate of drug-likeness (QED) is 0.832. The number of anilines is 2. The average molecular weight is 248 g/mol. The predicted octanol–water partition coefficient (Wildman–Crippen LogP) is 1.54. The molecule has 0 bridgehead atoms. The highest BCUT2D eigenvalue weighted by molar-refractivity contribution is 6.06. The Morgan fingerprint density at radius 3 is 2.72 bits per heavy atom. The highest BCUT2D eigenvalue weighted by Crippen LogP contribution is 2.35. The highest BCUT2D eigenvalue weighted by atomic mass is 16.4. The van der Waals surface area contributed by atoms with E-state index in [1.54, 1.807) is 11.9 Å². The zero-order valence-electron chi connectivity index (χ0n) is 10.7. The van der Waals surface area contributed by atoms with Crippen LogP contribution in [-0.4, -0.2) is 30.1 Å². The second kappa shape index (κ2) is 4.33. The van der Waals surface area contributed by atoms with E-state index < -0.39 is 12.0 Å². The lowest BCUT2D eigenvalue weighted by Crippen LogP contribution is -2.46. The van der Waals surface area contributed by atoms with E-state index in [0.717, 1.165) is 22.5 Å². The summed E-state index contributed by atoms with van der Waals surface area (Å²) in [7, 11) is 1.68. The number of hydrogen-bond acceptors (Lipinski definition) is 3. The van der Waals surface area contributed by atoms with Crippen LogP contribution in [0.15, 0.2) is 12.1 Å². The maximum atomic E-state index is 12.1. The number of carboxylic acids is 1. The Balaban J connectivity index is 2.44. The van der Waals surface area contributed by atoms with Crippen molar-refractivity contribution in [1.29, 1.82) is 0 Å². The van der Waals surface area contributed by atoms with Crippen molar-refractivity contribution in [3.63, 3.8) is 0 Å². The van der Waals surface area contributed by atoms with Crippen molar-refractivity contribution in [3.05, 3.63) is 23.3 Å². The molecule has 0 fully saturated rings. The van der Waals surface area contributed by atoms with Gasteiger partial charge >= 0.3 is 5.97 Å². The lowest BCUT2D eigenvalue weighted by Gasteiger charge is -2.34. The third-order valence-electron chi connectivity index (χ3n) is 3.37. The van der Waals surface area contributed by atoms with Crippen LogP contribution < -0.4 is 10.2 Å². The molecule has 1 amide bonds. The van der Waals surface area contributed by atoms with Gasteiger partial charge in [0, 0.05) is 7.05 Å². The van der Waals surface area contributed by atoms with Gasteiger partial charge in [0.2, 0.25) is 5.91 Å². The summed E-state index contributed by atoms with van der Waals surface area (Å²) in [6.07, 6.45) is -0.213. The minimum absolute atomic E-state index is 0.210. The molecule has 1 aliphatic rings. The largest absolute Gasteiger partial charge is 0.481 e. The summed E-state index contributed by atoms with van der Waals surface area (Å²) in [6, 6.07) is 3.15. The first-order valence-electron chi connectivity index (χ1n) is 5.78. The molecule has 18 heavy (non-hydrogen) atoms. The smallest absolute Gasteiger partial charge is 0.305 e. The molecule has 5 heteroatoms. The number of likely N-dealkylation sites (N-methyl/N-ethyl adjacent to an activating group) is 1. The lowest BCUT2D eigenvalue weighted by molar-refractivity contribution is -0.138. The van der Waals surface area contributed by atoms with E-state index in [0.29, 0.717) is 0 Å². The van der Waals surface area contributed by atoms with E-state index in [-0.39, 0.29) is 12.3 Å². The van der Waals surface area contributed by atoms with Crippen LogP contribution in [0.5, 0.6) is 0 Å². The standard InChI is InChI=1S/C13H16N2O3/c1-7-4-5-9-12(8(7)2)15(3)13(18)10(14-9)6-11(16)17/h4-5,10,14H,6H2,1-3H3,(H,16,17). The molecular weight excluding hydrogens is 232 g/mol. The number of aryl methyl sites for hydroxylation is 1. The van der Waals surface area contributed by atoms with Gasteiger partial charge in [0.15, 0.2) is 0 Å². The molecule has 1 aromatic carbocycles. The van der Waals surface area contributed by atoms with E-state index in [1.165, 1.54) is 0 Å². The number of amides is 1. The Morgan fingerprint density at radius 2 is 2.11 bits per heavy atom. The van der Waals surface area contributed by atoms with Crippen LogP contribution >= 0.6 is 0 Å². The van der Waals surface area contributed by atoms with Gasteiger partial charge in [-0.2, -0.15) is 0 Å². The third kappa shape index (κ3) is 1.92. The second-order valence-corrected chi connectivity index (χ2v) is 4.60. The monoisotopic (exact) mass is 248 g/mol. The first-order valence-corrected chi connectivity index (χ1v) is 5.78. The summed E-state index contributed by atoms with van der Waals surface area (Å²) in [5.74, 6) is -1.19. The predicted molar refractivity (Wildman–Crippen MR) is 69.0 cm³/mol. The number of nitrogens with one attached hydrogen (secondary N) is 1. The number of carbonyl (C=O) groups excluding carboxylic acids is 1. The highest BCUT2D eigenvalue weighted by Gasteiger charge is 2.32. The van der Waals surface area contributed by atoms with Crippen molar-refractivity contribution in [2.24, 2.45) is 0 Å².